The summed E-state index contributed by atoms with van der Waals surface area (Å²) in [4.78, 5) is 37.0. The average molecular weight is 650 g/mol. The summed E-state index contributed by atoms with van der Waals surface area (Å²) in [6.45, 7) is 9.81. The highest BCUT2D eigenvalue weighted by molar-refractivity contribution is 6.13. The summed E-state index contributed by atoms with van der Waals surface area (Å²) >= 11 is 0. The Morgan fingerprint density at radius 3 is 2.47 bits per heavy atom. The van der Waals surface area contributed by atoms with Crippen molar-refractivity contribution in [3.63, 3.8) is 0 Å². The molecule has 5 rings (SSSR count). The van der Waals surface area contributed by atoms with Crippen molar-refractivity contribution >= 4 is 28.4 Å². The molecule has 2 amide bonds. The molecule has 1 saturated carbocycles. The second-order valence-electron chi connectivity index (χ2n) is 12.2. The number of allylic oxidation sites excluding steroid dienone is 3. The fourth-order valence-corrected chi connectivity index (χ4v) is 5.43. The molecule has 47 heavy (non-hydrogen) atoms. The molecule has 2 aliphatic carbocycles. The van der Waals surface area contributed by atoms with Gasteiger partial charge in [-0.05, 0) is 69.1 Å². The lowest BCUT2D eigenvalue weighted by Gasteiger charge is -2.28. The van der Waals surface area contributed by atoms with Crippen LogP contribution in [0.5, 0.6) is 23.1 Å². The van der Waals surface area contributed by atoms with Gasteiger partial charge in [0, 0.05) is 36.3 Å². The van der Waals surface area contributed by atoms with Crippen LogP contribution in [0.25, 0.3) is 10.9 Å². The fourth-order valence-electron chi connectivity index (χ4n) is 5.43. The Morgan fingerprint density at radius 1 is 1.02 bits per heavy atom. The average Bonchev–Trinajstić information content (AvgIpc) is 3.89. The van der Waals surface area contributed by atoms with Crippen LogP contribution in [0.4, 0.5) is 14.5 Å². The van der Waals surface area contributed by atoms with Crippen molar-refractivity contribution < 1.29 is 32.6 Å². The van der Waals surface area contributed by atoms with Gasteiger partial charge >= 0.3 is 0 Å². The molecule has 1 unspecified atom stereocenters. The number of methoxy groups -OCH3 is 1. The minimum Gasteiger partial charge on any atom is -0.493 e. The van der Waals surface area contributed by atoms with Crippen molar-refractivity contribution in [2.24, 2.45) is 10.8 Å². The van der Waals surface area contributed by atoms with Gasteiger partial charge in [-0.1, -0.05) is 26.8 Å². The van der Waals surface area contributed by atoms with Crippen LogP contribution >= 0.6 is 0 Å². The number of amides is 2. The summed E-state index contributed by atoms with van der Waals surface area (Å²) in [7, 11) is 1.53. The molecule has 1 aromatic heterocycles. The van der Waals surface area contributed by atoms with Crippen LogP contribution in [0.1, 0.15) is 46.5 Å². The molecule has 0 aliphatic heterocycles. The predicted molar refractivity (Wildman–Crippen MR) is 175 cm³/mol. The van der Waals surface area contributed by atoms with E-state index in [0.717, 1.165) is 32.1 Å². The molecule has 1 atom stereocenters. The zero-order valence-electron chi connectivity index (χ0n) is 27.2. The molecule has 0 radical (unpaired) electrons. The first-order valence-electron chi connectivity index (χ1n) is 15.9. The van der Waals surface area contributed by atoms with E-state index in [9.17, 15) is 14.0 Å². The molecule has 3 aromatic rings. The predicted octanol–water partition coefficient (Wildman–Crippen LogP) is 6.34. The molecule has 0 spiro atoms. The van der Waals surface area contributed by atoms with Crippen LogP contribution in [0, 0.1) is 16.6 Å². The number of nitrogens with one attached hydrogen (secondary N) is 2. The highest BCUT2D eigenvalue weighted by Gasteiger charge is 2.56. The second kappa shape index (κ2) is 14.5. The molecule has 1 fully saturated rings. The third kappa shape index (κ3) is 7.87. The number of hydrogen-bond acceptors (Lipinski definition) is 8. The quantitative estimate of drug-likeness (QED) is 0.145. The van der Waals surface area contributed by atoms with Gasteiger partial charge in [0.05, 0.1) is 24.6 Å². The van der Waals surface area contributed by atoms with E-state index in [1.807, 2.05) is 6.92 Å². The molecular weight excluding hydrogens is 608 g/mol. The Labute approximate surface area is 273 Å². The van der Waals surface area contributed by atoms with Crippen molar-refractivity contribution in [1.82, 2.24) is 20.2 Å². The summed E-state index contributed by atoms with van der Waals surface area (Å²) in [5.74, 6) is -0.963. The first kappa shape index (κ1) is 33.8. The summed E-state index contributed by atoms with van der Waals surface area (Å²) in [6, 6.07) is 7.43. The van der Waals surface area contributed by atoms with E-state index in [0.29, 0.717) is 48.3 Å². The van der Waals surface area contributed by atoms with Gasteiger partial charge in [0.25, 0.3) is 0 Å². The third-order valence-electron chi connectivity index (χ3n) is 8.73. The summed E-state index contributed by atoms with van der Waals surface area (Å²) in [5.41, 5.74) is -0.963. The molecule has 0 saturated heterocycles. The third-order valence-corrected chi connectivity index (χ3v) is 8.73. The van der Waals surface area contributed by atoms with Gasteiger partial charge < -0.3 is 29.7 Å². The van der Waals surface area contributed by atoms with Gasteiger partial charge in [-0.25, -0.2) is 18.7 Å². The van der Waals surface area contributed by atoms with Gasteiger partial charge in [0.2, 0.25) is 17.7 Å². The molecule has 2 aliphatic rings. The first-order chi connectivity index (χ1) is 22.6. The minimum absolute atomic E-state index is 0.114. The van der Waals surface area contributed by atoms with Gasteiger partial charge in [-0.3, -0.25) is 9.59 Å². The zero-order valence-corrected chi connectivity index (χ0v) is 27.2. The van der Waals surface area contributed by atoms with E-state index in [4.69, 9.17) is 14.2 Å². The minimum atomic E-state index is -1.23. The van der Waals surface area contributed by atoms with Crippen LogP contribution in [0.3, 0.4) is 0 Å². The maximum atomic E-state index is 15.3. The van der Waals surface area contributed by atoms with Crippen molar-refractivity contribution in [3.8, 4) is 23.1 Å². The van der Waals surface area contributed by atoms with Gasteiger partial charge in [0.1, 0.15) is 17.6 Å². The standard InChI is InChI=1S/C35H41F2N5O5/c1-5-42(6-2)16-7-17-46-30-20-27-25(19-29(30)45-4)31(40-22-39-27)47-28-9-8-24(18-26(28)37)41-33(44)35(14-15-35)32(43)38-21-34(3)12-10-23(36)11-13-34/h8-12,18-20,22H,5-7,13-17,21H2,1-4H3,(H,38,43)(H,41,44). The lowest BCUT2D eigenvalue weighted by atomic mass is 9.83. The number of aromatic nitrogens is 2. The van der Waals surface area contributed by atoms with Gasteiger partial charge in [-0.15, -0.1) is 0 Å². The maximum Gasteiger partial charge on any atom is 0.240 e. The molecule has 12 heteroatoms. The van der Waals surface area contributed by atoms with E-state index in [-0.39, 0.29) is 29.7 Å². The Kier molecular flexibility index (Phi) is 10.4. The number of halogens is 2. The molecule has 0 bridgehead atoms. The number of carbonyl (C=O) groups excluding carboxylic acids is 2. The van der Waals surface area contributed by atoms with Crippen LogP contribution in [-0.2, 0) is 9.59 Å². The van der Waals surface area contributed by atoms with Crippen molar-refractivity contribution in [2.75, 3.05) is 45.2 Å². The van der Waals surface area contributed by atoms with E-state index in [1.165, 1.54) is 37.7 Å². The molecular formula is C35H41F2N5O5. The number of anilines is 1. The Bertz CT molecular complexity index is 1690. The van der Waals surface area contributed by atoms with Crippen molar-refractivity contribution in [1.29, 1.82) is 0 Å². The van der Waals surface area contributed by atoms with Gasteiger partial charge in [-0.2, -0.15) is 0 Å². The molecule has 250 valence electrons. The summed E-state index contributed by atoms with van der Waals surface area (Å²) < 4.78 is 46.0. The van der Waals surface area contributed by atoms with Crippen LogP contribution in [-0.4, -0.2) is 66.6 Å². The highest BCUT2D eigenvalue weighted by Crippen LogP contribution is 2.47. The Hall–Kier alpha value is -4.58. The number of hydrogen-bond donors (Lipinski definition) is 2. The lowest BCUT2D eigenvalue weighted by molar-refractivity contribution is -0.134. The first-order valence-corrected chi connectivity index (χ1v) is 15.9. The van der Waals surface area contributed by atoms with E-state index < -0.39 is 28.5 Å². The smallest absolute Gasteiger partial charge is 0.240 e. The largest absolute Gasteiger partial charge is 0.493 e. The normalized spacial score (nSPS) is 18.1. The number of fused-ring (bicyclic) bond motifs is 1. The number of rotatable bonds is 15. The topological polar surface area (TPSA) is 115 Å². The molecule has 2 aromatic carbocycles. The van der Waals surface area contributed by atoms with Crippen molar-refractivity contribution in [3.05, 3.63) is 66.5 Å². The second-order valence-corrected chi connectivity index (χ2v) is 12.2. The molecule has 2 N–H and O–H groups in total. The maximum absolute atomic E-state index is 15.3. The van der Waals surface area contributed by atoms with Crippen LogP contribution < -0.4 is 24.8 Å². The number of benzene rings is 2. The fraction of sp³-hybridized carbons (Fsp3) is 0.429. The van der Waals surface area contributed by atoms with E-state index >= 15 is 4.39 Å². The summed E-state index contributed by atoms with van der Waals surface area (Å²) in [6.07, 6.45) is 7.93. The molecule has 10 nitrogen and oxygen atoms in total. The zero-order chi connectivity index (χ0) is 33.6. The number of nitrogens with zero attached hydrogens (tertiary/aromatic N) is 3. The SMILES string of the molecule is CCN(CC)CCCOc1cc2ncnc(Oc3ccc(NC(=O)C4(C(=O)NCC5(C)C=CC(F)=CC5)CC4)cc3F)c2cc1OC. The van der Waals surface area contributed by atoms with Crippen LogP contribution in [0.15, 0.2) is 60.7 Å². The number of carbonyl (C=O) groups is 2. The number of ether oxygens (including phenoxy) is 3. The molecule has 1 heterocycles. The highest BCUT2D eigenvalue weighted by atomic mass is 19.1. The monoisotopic (exact) mass is 649 g/mol. The Morgan fingerprint density at radius 2 is 1.81 bits per heavy atom. The lowest BCUT2D eigenvalue weighted by Crippen LogP contribution is -2.43. The Balaban J connectivity index is 1.22. The van der Waals surface area contributed by atoms with Crippen molar-refractivity contribution in [2.45, 2.75) is 46.5 Å². The summed E-state index contributed by atoms with van der Waals surface area (Å²) in [5, 5.41) is 6.01. The van der Waals surface area contributed by atoms with Crippen LogP contribution in [0.2, 0.25) is 0 Å². The van der Waals surface area contributed by atoms with Gasteiger partial charge in [0.15, 0.2) is 23.1 Å². The van der Waals surface area contributed by atoms with E-state index in [2.05, 4.69) is 39.3 Å². The van der Waals surface area contributed by atoms with E-state index in [1.54, 1.807) is 18.2 Å².